The molecule has 152 valence electrons. The van der Waals surface area contributed by atoms with Crippen molar-refractivity contribution in [3.63, 3.8) is 0 Å². The van der Waals surface area contributed by atoms with Crippen molar-refractivity contribution in [2.24, 2.45) is 4.99 Å². The van der Waals surface area contributed by atoms with E-state index in [9.17, 15) is 14.7 Å². The maximum Gasteiger partial charge on any atom is 0.276 e. The fourth-order valence-corrected chi connectivity index (χ4v) is 3.83. The summed E-state index contributed by atoms with van der Waals surface area (Å²) in [5, 5.41) is 14.7. The van der Waals surface area contributed by atoms with Crippen LogP contribution in [0.4, 0.5) is 0 Å². The van der Waals surface area contributed by atoms with Crippen LogP contribution < -0.4 is 5.43 Å². The van der Waals surface area contributed by atoms with E-state index in [1.54, 1.807) is 11.1 Å². The summed E-state index contributed by atoms with van der Waals surface area (Å²) in [5.74, 6) is -1.18. The van der Waals surface area contributed by atoms with Gasteiger partial charge in [0, 0.05) is 24.5 Å². The van der Waals surface area contributed by atoms with Gasteiger partial charge in [-0.1, -0.05) is 36.4 Å². The van der Waals surface area contributed by atoms with E-state index in [2.05, 4.69) is 10.1 Å². The minimum atomic E-state index is -0.664. The Bertz CT molecular complexity index is 1010. The number of aromatic hydroxyl groups is 1. The monoisotopic (exact) mass is 394 g/mol. The predicted octanol–water partition coefficient (Wildman–Crippen LogP) is 3.13. The van der Waals surface area contributed by atoms with Gasteiger partial charge in [-0.15, -0.1) is 0 Å². The molecule has 1 aliphatic heterocycles. The molecule has 0 bridgehead atoms. The fraction of sp³-hybridized carbons (Fsp3) is 0.364. The number of amides is 1. The highest BCUT2D eigenvalue weighted by Crippen LogP contribution is 2.40. The van der Waals surface area contributed by atoms with Crippen molar-refractivity contribution in [2.75, 3.05) is 6.54 Å². The highest BCUT2D eigenvalue weighted by atomic mass is 16.3. The van der Waals surface area contributed by atoms with Gasteiger partial charge in [0.15, 0.2) is 11.4 Å². The van der Waals surface area contributed by atoms with E-state index >= 15 is 0 Å². The number of fused-ring (bicyclic) bond motifs is 1. The Kier molecular flexibility index (Phi) is 5.96. The summed E-state index contributed by atoms with van der Waals surface area (Å²) in [4.78, 5) is 31.3. The van der Waals surface area contributed by atoms with Gasteiger partial charge in [0.25, 0.3) is 5.91 Å². The molecular weight excluding hydrogens is 368 g/mol. The zero-order valence-electron chi connectivity index (χ0n) is 17.1. The molecule has 2 aromatic rings. The largest absolute Gasteiger partial charge is 0.502 e. The number of hydrogen-bond acceptors (Lipinski definition) is 5. The Morgan fingerprint density at radius 1 is 1.24 bits per heavy atom. The predicted molar refractivity (Wildman–Crippen MR) is 112 cm³/mol. The van der Waals surface area contributed by atoms with Crippen molar-refractivity contribution in [3.8, 4) is 5.75 Å². The average Bonchev–Trinajstić information content (AvgIpc) is 2.71. The molecule has 7 heteroatoms. The van der Waals surface area contributed by atoms with Gasteiger partial charge in [-0.2, -0.15) is 5.10 Å². The molecule has 2 atom stereocenters. The Morgan fingerprint density at radius 3 is 2.52 bits per heavy atom. The Hall–Kier alpha value is -3.22. The van der Waals surface area contributed by atoms with E-state index in [1.807, 2.05) is 64.1 Å². The summed E-state index contributed by atoms with van der Waals surface area (Å²) in [6.07, 6.45) is 4.73. The first-order valence-electron chi connectivity index (χ1n) is 9.72. The molecule has 0 saturated heterocycles. The van der Waals surface area contributed by atoms with Gasteiger partial charge >= 0.3 is 0 Å². The van der Waals surface area contributed by atoms with E-state index in [1.165, 1.54) is 4.68 Å². The zero-order valence-corrected chi connectivity index (χ0v) is 17.1. The van der Waals surface area contributed by atoms with E-state index in [0.29, 0.717) is 6.54 Å². The number of benzene rings is 1. The van der Waals surface area contributed by atoms with Crippen LogP contribution in [0.1, 0.15) is 55.7 Å². The first kappa shape index (κ1) is 20.5. The molecule has 1 aromatic heterocycles. The van der Waals surface area contributed by atoms with Crippen molar-refractivity contribution >= 4 is 12.1 Å². The molecule has 7 nitrogen and oxygen atoms in total. The molecule has 1 N–H and O–H groups in total. The molecule has 1 amide bonds. The maximum atomic E-state index is 13.0. The van der Waals surface area contributed by atoms with Crippen molar-refractivity contribution in [3.05, 3.63) is 69.8 Å². The SMILES string of the molecule is C/C=N\C(=C/C)[C@H](c1ccccc1)[C@@H]1CN(C(C)C)C(=O)c2c(O)c(=O)cnn21. The van der Waals surface area contributed by atoms with Gasteiger partial charge in [0.05, 0.1) is 18.2 Å². The number of aromatic nitrogens is 2. The van der Waals surface area contributed by atoms with Crippen LogP contribution in [-0.4, -0.2) is 44.5 Å². The third-order valence-corrected chi connectivity index (χ3v) is 5.21. The van der Waals surface area contributed by atoms with Crippen molar-refractivity contribution < 1.29 is 9.90 Å². The molecule has 0 unspecified atom stereocenters. The molecule has 0 fully saturated rings. The van der Waals surface area contributed by atoms with Gasteiger partial charge in [0.1, 0.15) is 0 Å². The minimum absolute atomic E-state index is 0.0701. The summed E-state index contributed by atoms with van der Waals surface area (Å²) >= 11 is 0. The molecule has 0 aliphatic carbocycles. The molecule has 0 saturated carbocycles. The van der Waals surface area contributed by atoms with Crippen LogP contribution in [-0.2, 0) is 0 Å². The van der Waals surface area contributed by atoms with Gasteiger partial charge in [-0.05, 0) is 33.3 Å². The van der Waals surface area contributed by atoms with Crippen molar-refractivity contribution in [1.29, 1.82) is 0 Å². The second-order valence-electron chi connectivity index (χ2n) is 7.26. The van der Waals surface area contributed by atoms with Crippen molar-refractivity contribution in [1.82, 2.24) is 14.7 Å². The molecule has 0 radical (unpaired) electrons. The van der Waals surface area contributed by atoms with Gasteiger partial charge in [0.2, 0.25) is 5.43 Å². The smallest absolute Gasteiger partial charge is 0.276 e. The highest BCUT2D eigenvalue weighted by Gasteiger charge is 2.40. The number of carbonyl (C=O) groups is 1. The van der Waals surface area contributed by atoms with Crippen LogP contribution >= 0.6 is 0 Å². The first-order valence-corrected chi connectivity index (χ1v) is 9.72. The lowest BCUT2D eigenvalue weighted by Crippen LogP contribution is -2.49. The number of nitrogens with zero attached hydrogens (tertiary/aromatic N) is 4. The first-order chi connectivity index (χ1) is 13.9. The molecule has 3 rings (SSSR count). The standard InChI is InChI=1S/C22H26N4O3/c1-5-16(23-6-2)19(15-10-8-7-9-11-15)17-13-25(14(3)4)22(29)20-21(28)18(27)12-24-26(17)20/h5-12,14,17,19,28H,13H2,1-4H3/b16-5-,23-6-/t17-,19-/m0/s1. The second-order valence-corrected chi connectivity index (χ2v) is 7.26. The van der Waals surface area contributed by atoms with Crippen LogP contribution in [0.5, 0.6) is 5.75 Å². The molecular formula is C22H26N4O3. The highest BCUT2D eigenvalue weighted by molar-refractivity contribution is 5.96. The van der Waals surface area contributed by atoms with E-state index < -0.39 is 17.1 Å². The normalized spacial score (nSPS) is 18.4. The Morgan fingerprint density at radius 2 is 1.93 bits per heavy atom. The lowest BCUT2D eigenvalue weighted by atomic mass is 9.86. The summed E-state index contributed by atoms with van der Waals surface area (Å²) in [5.41, 5.74) is 1.11. The van der Waals surface area contributed by atoms with Crippen LogP contribution in [0.15, 0.2) is 58.1 Å². The minimum Gasteiger partial charge on any atom is -0.502 e. The quantitative estimate of drug-likeness (QED) is 0.789. The average molecular weight is 394 g/mol. The molecule has 29 heavy (non-hydrogen) atoms. The van der Waals surface area contributed by atoms with E-state index in [-0.39, 0.29) is 23.7 Å². The fourth-order valence-electron chi connectivity index (χ4n) is 3.83. The van der Waals surface area contributed by atoms with Gasteiger partial charge in [-0.25, -0.2) is 0 Å². The van der Waals surface area contributed by atoms with Crippen LogP contribution in [0, 0.1) is 0 Å². The summed E-state index contributed by atoms with van der Waals surface area (Å²) in [6, 6.07) is 9.43. The Labute approximate surface area is 170 Å². The molecule has 1 aromatic carbocycles. The number of allylic oxidation sites excluding steroid dienone is 2. The molecule has 1 aliphatic rings. The lowest BCUT2D eigenvalue weighted by molar-refractivity contribution is 0.0569. The van der Waals surface area contributed by atoms with E-state index in [0.717, 1.165) is 17.5 Å². The third-order valence-electron chi connectivity index (χ3n) is 5.21. The summed E-state index contributed by atoms with van der Waals surface area (Å²) in [6.45, 7) is 7.98. The lowest BCUT2D eigenvalue weighted by Gasteiger charge is -2.40. The number of hydrogen-bond donors (Lipinski definition) is 1. The number of carbonyl (C=O) groups excluding carboxylic acids is 1. The summed E-state index contributed by atoms with van der Waals surface area (Å²) in [7, 11) is 0. The van der Waals surface area contributed by atoms with Gasteiger partial charge < -0.3 is 10.0 Å². The van der Waals surface area contributed by atoms with Crippen LogP contribution in [0.3, 0.4) is 0 Å². The topological polar surface area (TPSA) is 87.8 Å². The molecule has 0 spiro atoms. The number of aliphatic imine (C=N–C) groups is 1. The second kappa shape index (κ2) is 8.43. The Balaban J connectivity index is 2.28. The van der Waals surface area contributed by atoms with Crippen molar-refractivity contribution in [2.45, 2.75) is 45.7 Å². The van der Waals surface area contributed by atoms with Crippen LogP contribution in [0.2, 0.25) is 0 Å². The number of rotatable bonds is 5. The van der Waals surface area contributed by atoms with Gasteiger partial charge in [-0.3, -0.25) is 19.3 Å². The molecule has 2 heterocycles. The third kappa shape index (κ3) is 3.72. The van der Waals surface area contributed by atoms with E-state index in [4.69, 9.17) is 0 Å². The zero-order chi connectivity index (χ0) is 21.1. The maximum absolute atomic E-state index is 13.0. The summed E-state index contributed by atoms with van der Waals surface area (Å²) < 4.78 is 1.49. The van der Waals surface area contributed by atoms with Crippen LogP contribution in [0.25, 0.3) is 0 Å².